The first kappa shape index (κ1) is 14.9. The molecule has 6 heteroatoms. The van der Waals surface area contributed by atoms with Crippen LogP contribution < -0.4 is 9.64 Å². The number of fused-ring (bicyclic) bond motifs is 1. The van der Waals surface area contributed by atoms with Gasteiger partial charge in [0.2, 0.25) is 5.90 Å². The molecule has 1 aromatic rings. The van der Waals surface area contributed by atoms with Gasteiger partial charge in [-0.25, -0.2) is 0 Å². The van der Waals surface area contributed by atoms with Gasteiger partial charge in [-0.05, 0) is 25.0 Å². The highest BCUT2D eigenvalue weighted by molar-refractivity contribution is 6.32. The fraction of sp³-hybridized carbons (Fsp3) is 0.500. The van der Waals surface area contributed by atoms with E-state index in [4.69, 9.17) is 26.5 Å². The number of hydrogen-bond donors (Lipinski definition) is 2. The van der Waals surface area contributed by atoms with Gasteiger partial charge in [0, 0.05) is 19.3 Å². The highest BCUT2D eigenvalue weighted by Crippen LogP contribution is 2.45. The van der Waals surface area contributed by atoms with Crippen molar-refractivity contribution in [2.75, 3.05) is 32.2 Å². The molecule has 0 aromatic heterocycles. The molecule has 2 N–H and O–H groups in total. The van der Waals surface area contributed by atoms with Gasteiger partial charge in [0.05, 0.1) is 24.3 Å². The van der Waals surface area contributed by atoms with Crippen LogP contribution in [0.5, 0.6) is 5.75 Å². The molecule has 0 radical (unpaired) electrons. The zero-order valence-electron chi connectivity index (χ0n) is 11.9. The van der Waals surface area contributed by atoms with Crippen molar-refractivity contribution in [1.29, 1.82) is 5.41 Å². The Morgan fingerprint density at radius 2 is 2.30 bits per heavy atom. The van der Waals surface area contributed by atoms with E-state index < -0.39 is 6.10 Å². The van der Waals surface area contributed by atoms with E-state index in [0.29, 0.717) is 22.9 Å². The van der Waals surface area contributed by atoms with Crippen LogP contribution in [-0.4, -0.2) is 38.3 Å². The number of anilines is 1. The van der Waals surface area contributed by atoms with Gasteiger partial charge in [-0.2, -0.15) is 0 Å². The fourth-order valence-electron chi connectivity index (χ4n) is 2.56. The minimum atomic E-state index is -1.18. The second kappa shape index (κ2) is 5.89. The van der Waals surface area contributed by atoms with Gasteiger partial charge in [-0.3, -0.25) is 5.41 Å². The van der Waals surface area contributed by atoms with Crippen molar-refractivity contribution in [2.24, 2.45) is 0 Å². The summed E-state index contributed by atoms with van der Waals surface area (Å²) >= 11 is 6.22. The number of hydrogen-bond acceptors (Lipinski definition) is 5. The van der Waals surface area contributed by atoms with Crippen LogP contribution in [0, 0.1) is 5.41 Å². The molecule has 0 amide bonds. The summed E-state index contributed by atoms with van der Waals surface area (Å²) < 4.78 is 10.4. The Labute approximate surface area is 123 Å². The molecule has 1 atom stereocenters. The van der Waals surface area contributed by atoms with E-state index in [9.17, 15) is 5.11 Å². The molecular weight excluding hydrogens is 280 g/mol. The van der Waals surface area contributed by atoms with Gasteiger partial charge in [-0.1, -0.05) is 11.6 Å². The summed E-state index contributed by atoms with van der Waals surface area (Å²) in [5.74, 6) is 0.201. The van der Waals surface area contributed by atoms with Gasteiger partial charge in [-0.15, -0.1) is 0 Å². The minimum Gasteiger partial charge on any atom is -0.495 e. The van der Waals surface area contributed by atoms with E-state index in [-0.39, 0.29) is 5.90 Å². The Morgan fingerprint density at radius 1 is 1.60 bits per heavy atom. The summed E-state index contributed by atoms with van der Waals surface area (Å²) in [6.45, 7) is 2.95. The van der Waals surface area contributed by atoms with Crippen LogP contribution in [0.25, 0.3) is 0 Å². The largest absolute Gasteiger partial charge is 0.495 e. The van der Waals surface area contributed by atoms with Crippen molar-refractivity contribution >= 4 is 23.2 Å². The normalized spacial score (nSPS) is 14.9. The molecule has 2 rings (SSSR count). The summed E-state index contributed by atoms with van der Waals surface area (Å²) in [7, 11) is 3.45. The van der Waals surface area contributed by atoms with Crippen LogP contribution >= 0.6 is 11.6 Å². The highest BCUT2D eigenvalue weighted by Gasteiger charge is 2.31. The molecule has 5 nitrogen and oxygen atoms in total. The minimum absolute atomic E-state index is 0.199. The molecule has 1 unspecified atom stereocenters. The average molecular weight is 299 g/mol. The monoisotopic (exact) mass is 298 g/mol. The van der Waals surface area contributed by atoms with Gasteiger partial charge >= 0.3 is 0 Å². The lowest BCUT2D eigenvalue weighted by molar-refractivity contribution is 0.187. The summed E-state index contributed by atoms with van der Waals surface area (Å²) in [6, 6.07) is 1.86. The maximum atomic E-state index is 10.4. The van der Waals surface area contributed by atoms with Crippen LogP contribution in [0.2, 0.25) is 5.02 Å². The number of aliphatic hydroxyl groups is 1. The zero-order chi connectivity index (χ0) is 14.9. The second-order valence-electron chi connectivity index (χ2n) is 4.68. The van der Waals surface area contributed by atoms with E-state index >= 15 is 0 Å². The van der Waals surface area contributed by atoms with Crippen molar-refractivity contribution in [3.8, 4) is 5.75 Å². The number of halogens is 1. The number of likely N-dealkylation sites (N-methyl/N-ethyl adjacent to an activating group) is 1. The topological polar surface area (TPSA) is 65.8 Å². The summed E-state index contributed by atoms with van der Waals surface area (Å²) in [4.78, 5) is 2.03. The van der Waals surface area contributed by atoms with E-state index in [0.717, 1.165) is 24.2 Å². The summed E-state index contributed by atoms with van der Waals surface area (Å²) in [6.07, 6.45) is -0.324. The zero-order valence-corrected chi connectivity index (χ0v) is 12.6. The lowest BCUT2D eigenvalue weighted by Gasteiger charge is -2.23. The van der Waals surface area contributed by atoms with Crippen LogP contribution in [0.3, 0.4) is 0 Å². The smallest absolute Gasteiger partial charge is 0.215 e. The third-order valence-electron chi connectivity index (χ3n) is 3.45. The number of nitrogens with one attached hydrogen (secondary N) is 1. The molecule has 1 aromatic carbocycles. The maximum absolute atomic E-state index is 10.4. The number of ether oxygens (including phenoxy) is 2. The second-order valence-corrected chi connectivity index (χ2v) is 5.09. The van der Waals surface area contributed by atoms with Gasteiger partial charge < -0.3 is 19.5 Å². The lowest BCUT2D eigenvalue weighted by Crippen LogP contribution is -2.20. The molecule has 0 bridgehead atoms. The molecule has 0 spiro atoms. The molecule has 0 fully saturated rings. The number of methoxy groups -OCH3 is 1. The van der Waals surface area contributed by atoms with E-state index in [1.165, 1.54) is 7.11 Å². The molecular formula is C14H19ClN2O3. The average Bonchev–Trinajstić information content (AvgIpc) is 2.77. The molecule has 1 aliphatic rings. The maximum Gasteiger partial charge on any atom is 0.215 e. The molecule has 110 valence electrons. The first-order valence-corrected chi connectivity index (χ1v) is 6.88. The molecule has 0 saturated heterocycles. The fourth-order valence-corrected chi connectivity index (χ4v) is 2.87. The Hall–Kier alpha value is -1.46. The van der Waals surface area contributed by atoms with E-state index in [2.05, 4.69) is 0 Å². The first-order valence-electron chi connectivity index (χ1n) is 6.50. The Kier molecular flexibility index (Phi) is 4.40. The molecule has 1 aliphatic heterocycles. The van der Waals surface area contributed by atoms with E-state index in [1.54, 1.807) is 6.92 Å². The third kappa shape index (κ3) is 2.43. The molecule has 20 heavy (non-hydrogen) atoms. The van der Waals surface area contributed by atoms with Crippen LogP contribution in [0.1, 0.15) is 24.2 Å². The Morgan fingerprint density at radius 3 is 2.90 bits per heavy atom. The van der Waals surface area contributed by atoms with Crippen LogP contribution in [0.4, 0.5) is 5.69 Å². The molecule has 0 aliphatic carbocycles. The summed E-state index contributed by atoms with van der Waals surface area (Å²) in [5.41, 5.74) is 2.44. The van der Waals surface area contributed by atoms with Crippen LogP contribution in [0.15, 0.2) is 6.07 Å². The van der Waals surface area contributed by atoms with Crippen molar-refractivity contribution in [2.45, 2.75) is 19.4 Å². The molecule has 0 saturated carbocycles. The van der Waals surface area contributed by atoms with E-state index in [1.807, 2.05) is 18.0 Å². The van der Waals surface area contributed by atoms with Gasteiger partial charge in [0.25, 0.3) is 0 Å². The standard InChI is InChI=1S/C14H19ClN2O3/c1-4-20-14(16)12(18)10-11-8(5-6-17(11)2)7-9(15)13(10)19-3/h7,12,16,18H,4-6H2,1-3H3. The number of aliphatic hydroxyl groups excluding tert-OH is 1. The van der Waals surface area contributed by atoms with Crippen molar-refractivity contribution in [3.05, 3.63) is 22.2 Å². The predicted octanol–water partition coefficient (Wildman–Crippen LogP) is 2.39. The SMILES string of the molecule is CCOC(=N)C(O)c1c(OC)c(Cl)cc2c1N(C)CC2. The number of nitrogens with zero attached hydrogens (tertiary/aromatic N) is 1. The summed E-state index contributed by atoms with van der Waals surface area (Å²) in [5, 5.41) is 18.7. The first-order chi connectivity index (χ1) is 9.51. The highest BCUT2D eigenvalue weighted by atomic mass is 35.5. The lowest BCUT2D eigenvalue weighted by atomic mass is 10.0. The predicted molar refractivity (Wildman–Crippen MR) is 79.3 cm³/mol. The van der Waals surface area contributed by atoms with Crippen LogP contribution in [-0.2, 0) is 11.2 Å². The van der Waals surface area contributed by atoms with Crippen molar-refractivity contribution in [1.82, 2.24) is 0 Å². The molecule has 1 heterocycles. The number of benzene rings is 1. The van der Waals surface area contributed by atoms with Gasteiger partial charge in [0.1, 0.15) is 5.75 Å². The Bertz CT molecular complexity index is 534. The number of rotatable bonds is 4. The quantitative estimate of drug-likeness (QED) is 0.662. The van der Waals surface area contributed by atoms with Gasteiger partial charge in [0.15, 0.2) is 6.10 Å². The Balaban J connectivity index is 2.57. The third-order valence-corrected chi connectivity index (χ3v) is 3.73. The van der Waals surface area contributed by atoms with Crippen molar-refractivity contribution < 1.29 is 14.6 Å². The van der Waals surface area contributed by atoms with Crippen molar-refractivity contribution in [3.63, 3.8) is 0 Å².